The molecular weight excluding hydrogens is 460 g/mol. The normalized spacial score (nSPS) is 22.8. The fourth-order valence-electron chi connectivity index (χ4n) is 5.16. The van der Waals surface area contributed by atoms with E-state index in [-0.39, 0.29) is 18.6 Å². The van der Waals surface area contributed by atoms with Crippen molar-refractivity contribution in [3.63, 3.8) is 0 Å². The molecule has 3 aliphatic rings. The number of benzene rings is 2. The van der Waals surface area contributed by atoms with E-state index in [0.29, 0.717) is 44.0 Å². The topological polar surface area (TPSA) is 91.4 Å². The molecule has 4 amide bonds. The number of hydrogen-bond donors (Lipinski definition) is 1. The average Bonchev–Trinajstić information content (AvgIpc) is 3.47. The van der Waals surface area contributed by atoms with Gasteiger partial charge in [-0.15, -0.1) is 0 Å². The Balaban J connectivity index is 1.35. The van der Waals surface area contributed by atoms with Gasteiger partial charge in [0.1, 0.15) is 12.3 Å². The SMILES string of the molecule is CN(C)c1ccc(CN(C[C@H]2CCCO2)C(=O)CN2C(=O)N[C@@]3(CCOc4ccccc43)C2=O)cc1. The molecule has 0 unspecified atom stereocenters. The molecule has 0 aliphatic carbocycles. The van der Waals surface area contributed by atoms with Crippen molar-refractivity contribution in [3.8, 4) is 5.75 Å². The summed E-state index contributed by atoms with van der Waals surface area (Å²) in [5.41, 5.74) is 1.46. The highest BCUT2D eigenvalue weighted by molar-refractivity contribution is 6.09. The molecule has 0 aromatic heterocycles. The van der Waals surface area contributed by atoms with Gasteiger partial charge in [-0.25, -0.2) is 4.79 Å². The third-order valence-electron chi connectivity index (χ3n) is 7.18. The van der Waals surface area contributed by atoms with Crippen LogP contribution in [0.25, 0.3) is 0 Å². The predicted octanol–water partition coefficient (Wildman–Crippen LogP) is 2.49. The van der Waals surface area contributed by atoms with Gasteiger partial charge < -0.3 is 24.6 Å². The van der Waals surface area contributed by atoms with Crippen LogP contribution in [0.3, 0.4) is 0 Å². The number of carbonyl (C=O) groups is 3. The van der Waals surface area contributed by atoms with Crippen LogP contribution in [0.5, 0.6) is 5.75 Å². The zero-order valence-electron chi connectivity index (χ0n) is 20.7. The number of fused-ring (bicyclic) bond motifs is 2. The summed E-state index contributed by atoms with van der Waals surface area (Å²) in [4.78, 5) is 44.9. The molecule has 190 valence electrons. The summed E-state index contributed by atoms with van der Waals surface area (Å²) in [6.45, 7) is 1.45. The van der Waals surface area contributed by atoms with Crippen LogP contribution in [0.4, 0.5) is 10.5 Å². The van der Waals surface area contributed by atoms with E-state index in [0.717, 1.165) is 29.0 Å². The van der Waals surface area contributed by atoms with Gasteiger partial charge in [-0.05, 0) is 36.6 Å². The molecule has 2 fully saturated rings. The number of nitrogens with one attached hydrogen (secondary N) is 1. The van der Waals surface area contributed by atoms with E-state index in [1.165, 1.54) is 0 Å². The number of rotatable bonds is 7. The molecule has 9 nitrogen and oxygen atoms in total. The second kappa shape index (κ2) is 9.81. The predicted molar refractivity (Wildman–Crippen MR) is 134 cm³/mol. The van der Waals surface area contributed by atoms with E-state index in [1.807, 2.05) is 55.4 Å². The number of hydrogen-bond acceptors (Lipinski definition) is 6. The molecule has 1 N–H and O–H groups in total. The minimum Gasteiger partial charge on any atom is -0.493 e. The molecule has 0 radical (unpaired) electrons. The quantitative estimate of drug-likeness (QED) is 0.598. The van der Waals surface area contributed by atoms with Gasteiger partial charge in [0, 0.05) is 51.5 Å². The zero-order chi connectivity index (χ0) is 25.3. The Bertz CT molecular complexity index is 1150. The van der Waals surface area contributed by atoms with Crippen LogP contribution in [0, 0.1) is 0 Å². The second-order valence-corrected chi connectivity index (χ2v) is 9.79. The number of ether oxygens (including phenoxy) is 2. The fourth-order valence-corrected chi connectivity index (χ4v) is 5.16. The lowest BCUT2D eigenvalue weighted by Gasteiger charge is -2.33. The van der Waals surface area contributed by atoms with Crippen molar-refractivity contribution in [3.05, 3.63) is 59.7 Å². The van der Waals surface area contributed by atoms with Gasteiger partial charge in [0.15, 0.2) is 5.54 Å². The van der Waals surface area contributed by atoms with Gasteiger partial charge in [0.05, 0.1) is 12.7 Å². The Morgan fingerprint density at radius 2 is 1.89 bits per heavy atom. The van der Waals surface area contributed by atoms with E-state index in [9.17, 15) is 14.4 Å². The van der Waals surface area contributed by atoms with Crippen molar-refractivity contribution in [2.75, 3.05) is 45.3 Å². The molecule has 1 spiro atoms. The van der Waals surface area contributed by atoms with Gasteiger partial charge in [-0.2, -0.15) is 0 Å². The van der Waals surface area contributed by atoms with Crippen molar-refractivity contribution in [1.82, 2.24) is 15.1 Å². The molecule has 3 heterocycles. The molecule has 0 bridgehead atoms. The van der Waals surface area contributed by atoms with Crippen LogP contribution in [0.1, 0.15) is 30.4 Å². The first-order valence-corrected chi connectivity index (χ1v) is 12.4. The molecule has 3 aliphatic heterocycles. The number of nitrogens with zero attached hydrogens (tertiary/aromatic N) is 3. The summed E-state index contributed by atoms with van der Waals surface area (Å²) >= 11 is 0. The van der Waals surface area contributed by atoms with Gasteiger partial charge in [-0.1, -0.05) is 30.3 Å². The Morgan fingerprint density at radius 1 is 1.11 bits per heavy atom. The van der Waals surface area contributed by atoms with Crippen LogP contribution in [-0.4, -0.2) is 74.1 Å². The van der Waals surface area contributed by atoms with E-state index < -0.39 is 17.5 Å². The number of para-hydroxylation sites is 1. The first kappa shape index (κ1) is 24.1. The molecule has 0 saturated carbocycles. The summed E-state index contributed by atoms with van der Waals surface area (Å²) in [5, 5.41) is 2.87. The summed E-state index contributed by atoms with van der Waals surface area (Å²) in [7, 11) is 3.95. The Kier molecular flexibility index (Phi) is 6.57. The van der Waals surface area contributed by atoms with Crippen LogP contribution in [-0.2, 0) is 26.4 Å². The lowest BCUT2D eigenvalue weighted by molar-refractivity contribution is -0.140. The lowest BCUT2D eigenvalue weighted by Crippen LogP contribution is -2.48. The molecule has 2 aromatic carbocycles. The van der Waals surface area contributed by atoms with Crippen LogP contribution >= 0.6 is 0 Å². The maximum atomic E-state index is 13.6. The standard InChI is InChI=1S/C27H32N4O5/c1-29(2)20-11-9-19(10-12-20)16-30(17-21-6-5-14-35-21)24(32)18-31-25(33)27(28-26(31)34)13-15-36-23-8-4-3-7-22(23)27/h3-4,7-12,21H,5-6,13-18H2,1-2H3,(H,28,34)/t21-,27-/m1/s1. The van der Waals surface area contributed by atoms with E-state index in [2.05, 4.69) is 5.32 Å². The molecule has 9 heteroatoms. The third-order valence-corrected chi connectivity index (χ3v) is 7.18. The van der Waals surface area contributed by atoms with Crippen molar-refractivity contribution >= 4 is 23.5 Å². The monoisotopic (exact) mass is 492 g/mol. The largest absolute Gasteiger partial charge is 0.493 e. The maximum absolute atomic E-state index is 13.6. The molecule has 2 saturated heterocycles. The number of anilines is 1. The summed E-state index contributed by atoms with van der Waals surface area (Å²) in [5.74, 6) is -0.126. The van der Waals surface area contributed by atoms with Gasteiger partial charge in [0.2, 0.25) is 5.91 Å². The highest BCUT2D eigenvalue weighted by atomic mass is 16.5. The van der Waals surface area contributed by atoms with Crippen LogP contribution in [0.15, 0.2) is 48.5 Å². The van der Waals surface area contributed by atoms with Crippen molar-refractivity contribution in [1.29, 1.82) is 0 Å². The minimum absolute atomic E-state index is 0.0492. The van der Waals surface area contributed by atoms with E-state index in [4.69, 9.17) is 9.47 Å². The average molecular weight is 493 g/mol. The second-order valence-electron chi connectivity index (χ2n) is 9.79. The summed E-state index contributed by atoms with van der Waals surface area (Å²) in [6.07, 6.45) is 2.11. The smallest absolute Gasteiger partial charge is 0.325 e. The molecule has 36 heavy (non-hydrogen) atoms. The van der Waals surface area contributed by atoms with Crippen LogP contribution in [0.2, 0.25) is 0 Å². The van der Waals surface area contributed by atoms with Gasteiger partial charge in [-0.3, -0.25) is 14.5 Å². The third kappa shape index (κ3) is 4.51. The first-order valence-electron chi connectivity index (χ1n) is 12.4. The number of imide groups is 1. The Hall–Kier alpha value is -3.59. The first-order chi connectivity index (χ1) is 17.4. The summed E-state index contributed by atoms with van der Waals surface area (Å²) < 4.78 is 11.5. The van der Waals surface area contributed by atoms with Gasteiger partial charge >= 0.3 is 6.03 Å². The lowest BCUT2D eigenvalue weighted by atomic mass is 9.84. The van der Waals surface area contributed by atoms with Crippen molar-refractivity contribution in [2.24, 2.45) is 0 Å². The zero-order valence-corrected chi connectivity index (χ0v) is 20.7. The molecule has 5 rings (SSSR count). The fraction of sp³-hybridized carbons (Fsp3) is 0.444. The number of amides is 4. The highest BCUT2D eigenvalue weighted by Crippen LogP contribution is 2.41. The van der Waals surface area contributed by atoms with Crippen molar-refractivity contribution in [2.45, 2.75) is 37.5 Å². The maximum Gasteiger partial charge on any atom is 0.325 e. The Morgan fingerprint density at radius 3 is 2.61 bits per heavy atom. The highest BCUT2D eigenvalue weighted by Gasteiger charge is 2.55. The molecular formula is C27H32N4O5. The molecule has 2 atom stereocenters. The van der Waals surface area contributed by atoms with E-state index >= 15 is 0 Å². The van der Waals surface area contributed by atoms with Gasteiger partial charge in [0.25, 0.3) is 5.91 Å². The van der Waals surface area contributed by atoms with E-state index in [1.54, 1.807) is 17.0 Å². The number of carbonyl (C=O) groups excluding carboxylic acids is 3. The minimum atomic E-state index is -1.20. The number of urea groups is 1. The van der Waals surface area contributed by atoms with Crippen molar-refractivity contribution < 1.29 is 23.9 Å². The Labute approximate surface area is 210 Å². The summed E-state index contributed by atoms with van der Waals surface area (Å²) in [6, 6.07) is 14.7. The van der Waals surface area contributed by atoms with Crippen LogP contribution < -0.4 is 15.0 Å². The molecule has 2 aromatic rings.